The van der Waals surface area contributed by atoms with Crippen molar-refractivity contribution < 1.29 is 9.59 Å². The van der Waals surface area contributed by atoms with Crippen molar-refractivity contribution in [2.24, 2.45) is 0 Å². The van der Waals surface area contributed by atoms with Crippen molar-refractivity contribution in [1.29, 1.82) is 0 Å². The Bertz CT molecular complexity index is 588. The molecule has 2 amide bonds. The van der Waals surface area contributed by atoms with Gasteiger partial charge in [-0.15, -0.1) is 0 Å². The molecular weight excluding hydrogens is 316 g/mol. The highest BCUT2D eigenvalue weighted by atomic mass is 16.2. The number of anilines is 2. The minimum absolute atomic E-state index is 0.434. The summed E-state index contributed by atoms with van der Waals surface area (Å²) in [5, 5.41) is 2.73. The lowest BCUT2D eigenvalue weighted by Gasteiger charge is -2.33. The van der Waals surface area contributed by atoms with E-state index in [4.69, 9.17) is 0 Å². The van der Waals surface area contributed by atoms with Crippen LogP contribution < -0.4 is 10.2 Å². The van der Waals surface area contributed by atoms with E-state index in [9.17, 15) is 9.59 Å². The summed E-state index contributed by atoms with van der Waals surface area (Å²) in [4.78, 5) is 30.8. The van der Waals surface area contributed by atoms with Gasteiger partial charge in [0.2, 0.25) is 0 Å². The molecule has 1 aromatic carbocycles. The smallest absolute Gasteiger partial charge is 0.313 e. The summed E-state index contributed by atoms with van der Waals surface area (Å²) in [5.41, 5.74) is 1.85. The van der Waals surface area contributed by atoms with Crippen LogP contribution in [0.3, 0.4) is 0 Å². The molecule has 2 aliphatic heterocycles. The molecule has 6 nitrogen and oxygen atoms in total. The Labute approximate surface area is 149 Å². The number of rotatable bonds is 3. The fourth-order valence-electron chi connectivity index (χ4n) is 3.50. The van der Waals surface area contributed by atoms with Crippen LogP contribution in [0.15, 0.2) is 24.3 Å². The number of hydrogen-bond donors (Lipinski definition) is 1. The molecule has 1 N–H and O–H groups in total. The maximum atomic E-state index is 12.3. The molecule has 0 unspecified atom stereocenters. The topological polar surface area (TPSA) is 55.9 Å². The number of nitrogens with one attached hydrogen (secondary N) is 1. The van der Waals surface area contributed by atoms with Crippen molar-refractivity contribution in [2.75, 3.05) is 56.0 Å². The van der Waals surface area contributed by atoms with Crippen LogP contribution in [-0.2, 0) is 9.59 Å². The molecule has 2 fully saturated rings. The molecule has 6 heteroatoms. The fraction of sp³-hybridized carbons (Fsp3) is 0.579. The van der Waals surface area contributed by atoms with E-state index in [2.05, 4.69) is 22.0 Å². The van der Waals surface area contributed by atoms with Crippen LogP contribution in [-0.4, -0.2) is 67.4 Å². The molecule has 2 heterocycles. The van der Waals surface area contributed by atoms with Crippen LogP contribution in [0.1, 0.15) is 26.2 Å². The highest BCUT2D eigenvalue weighted by molar-refractivity contribution is 6.39. The number of piperazine rings is 1. The molecule has 0 atom stereocenters. The average Bonchev–Trinajstić information content (AvgIpc) is 2.68. The van der Waals surface area contributed by atoms with Gasteiger partial charge in [-0.2, -0.15) is 0 Å². The fourth-order valence-corrected chi connectivity index (χ4v) is 3.50. The van der Waals surface area contributed by atoms with Gasteiger partial charge < -0.3 is 20.0 Å². The summed E-state index contributed by atoms with van der Waals surface area (Å²) >= 11 is 0. The third-order valence-electron chi connectivity index (χ3n) is 5.15. The van der Waals surface area contributed by atoms with Crippen LogP contribution in [0.4, 0.5) is 11.4 Å². The van der Waals surface area contributed by atoms with Crippen LogP contribution in [0.25, 0.3) is 0 Å². The summed E-state index contributed by atoms with van der Waals surface area (Å²) in [6.07, 6.45) is 3.77. The number of amides is 2. The van der Waals surface area contributed by atoms with Gasteiger partial charge in [0, 0.05) is 50.6 Å². The summed E-state index contributed by atoms with van der Waals surface area (Å²) in [5.74, 6) is -0.980. The summed E-state index contributed by atoms with van der Waals surface area (Å²) in [6, 6.07) is 7.80. The highest BCUT2D eigenvalue weighted by Crippen LogP contribution is 2.21. The summed E-state index contributed by atoms with van der Waals surface area (Å²) in [6.45, 7) is 8.18. The normalized spacial score (nSPS) is 18.9. The Kier molecular flexibility index (Phi) is 5.91. The SMILES string of the molecule is CCN1CCN(C(=O)C(=O)Nc2ccc(N3CCCCC3)cc2)CC1. The Morgan fingerprint density at radius 2 is 1.56 bits per heavy atom. The lowest BCUT2D eigenvalue weighted by atomic mass is 10.1. The van der Waals surface area contributed by atoms with Crippen LogP contribution in [0, 0.1) is 0 Å². The van der Waals surface area contributed by atoms with Gasteiger partial charge in [0.1, 0.15) is 0 Å². The Balaban J connectivity index is 1.53. The van der Waals surface area contributed by atoms with Gasteiger partial charge in [-0.1, -0.05) is 6.92 Å². The Morgan fingerprint density at radius 1 is 0.920 bits per heavy atom. The molecule has 2 aliphatic rings. The first kappa shape index (κ1) is 17.7. The van der Waals surface area contributed by atoms with E-state index >= 15 is 0 Å². The number of hydrogen-bond acceptors (Lipinski definition) is 4. The molecule has 0 spiro atoms. The van der Waals surface area contributed by atoms with Crippen molar-refractivity contribution >= 4 is 23.2 Å². The molecule has 0 aliphatic carbocycles. The lowest BCUT2D eigenvalue weighted by molar-refractivity contribution is -0.144. The first-order chi connectivity index (χ1) is 12.2. The molecule has 0 saturated carbocycles. The number of carbonyl (C=O) groups excluding carboxylic acids is 2. The zero-order valence-corrected chi connectivity index (χ0v) is 15.0. The van der Waals surface area contributed by atoms with Crippen molar-refractivity contribution in [1.82, 2.24) is 9.80 Å². The molecule has 25 heavy (non-hydrogen) atoms. The van der Waals surface area contributed by atoms with Gasteiger partial charge >= 0.3 is 11.8 Å². The number of nitrogens with zero attached hydrogens (tertiary/aromatic N) is 3. The molecular formula is C19H28N4O2. The van der Waals surface area contributed by atoms with E-state index in [-0.39, 0.29) is 0 Å². The minimum atomic E-state index is -0.546. The van der Waals surface area contributed by atoms with E-state index in [1.54, 1.807) is 4.90 Å². The van der Waals surface area contributed by atoms with E-state index < -0.39 is 11.8 Å². The van der Waals surface area contributed by atoms with Crippen molar-refractivity contribution in [3.63, 3.8) is 0 Å². The standard InChI is InChI=1S/C19H28N4O2/c1-2-21-12-14-23(15-13-21)19(25)18(24)20-16-6-8-17(9-7-16)22-10-4-3-5-11-22/h6-9H,2-5,10-15H2,1H3,(H,20,24). The number of piperidine rings is 1. The van der Waals surface area contributed by atoms with E-state index in [0.29, 0.717) is 18.8 Å². The van der Waals surface area contributed by atoms with Gasteiger partial charge in [0.15, 0.2) is 0 Å². The number of benzene rings is 1. The van der Waals surface area contributed by atoms with Gasteiger partial charge in [-0.25, -0.2) is 0 Å². The third-order valence-corrected chi connectivity index (χ3v) is 5.15. The number of carbonyl (C=O) groups is 2. The predicted octanol–water partition coefficient (Wildman–Crippen LogP) is 1.78. The van der Waals surface area contributed by atoms with Crippen molar-refractivity contribution in [3.8, 4) is 0 Å². The first-order valence-corrected chi connectivity index (χ1v) is 9.35. The van der Waals surface area contributed by atoms with Gasteiger partial charge in [0.25, 0.3) is 0 Å². The maximum Gasteiger partial charge on any atom is 0.313 e. The zero-order chi connectivity index (χ0) is 17.6. The van der Waals surface area contributed by atoms with Crippen LogP contribution in [0.5, 0.6) is 0 Å². The minimum Gasteiger partial charge on any atom is -0.372 e. The predicted molar refractivity (Wildman–Crippen MR) is 99.8 cm³/mol. The van der Waals surface area contributed by atoms with E-state index in [1.165, 1.54) is 24.9 Å². The molecule has 3 rings (SSSR count). The maximum absolute atomic E-state index is 12.3. The Morgan fingerprint density at radius 3 is 2.16 bits per heavy atom. The molecule has 1 aromatic rings. The average molecular weight is 344 g/mol. The summed E-state index contributed by atoms with van der Waals surface area (Å²) in [7, 11) is 0. The highest BCUT2D eigenvalue weighted by Gasteiger charge is 2.25. The van der Waals surface area contributed by atoms with Gasteiger partial charge in [-0.05, 0) is 50.1 Å². The largest absolute Gasteiger partial charge is 0.372 e. The second kappa shape index (κ2) is 8.34. The first-order valence-electron chi connectivity index (χ1n) is 9.35. The van der Waals surface area contributed by atoms with Crippen molar-refractivity contribution in [3.05, 3.63) is 24.3 Å². The quantitative estimate of drug-likeness (QED) is 0.849. The molecule has 0 aromatic heterocycles. The van der Waals surface area contributed by atoms with E-state index in [1.807, 2.05) is 24.3 Å². The van der Waals surface area contributed by atoms with Crippen LogP contribution >= 0.6 is 0 Å². The monoisotopic (exact) mass is 344 g/mol. The van der Waals surface area contributed by atoms with Crippen LogP contribution in [0.2, 0.25) is 0 Å². The van der Waals surface area contributed by atoms with Gasteiger partial charge in [-0.3, -0.25) is 9.59 Å². The van der Waals surface area contributed by atoms with E-state index in [0.717, 1.165) is 32.7 Å². The lowest BCUT2D eigenvalue weighted by Crippen LogP contribution is -2.51. The van der Waals surface area contributed by atoms with Crippen molar-refractivity contribution in [2.45, 2.75) is 26.2 Å². The molecule has 0 bridgehead atoms. The van der Waals surface area contributed by atoms with Gasteiger partial charge in [0.05, 0.1) is 0 Å². The summed E-state index contributed by atoms with van der Waals surface area (Å²) < 4.78 is 0. The third kappa shape index (κ3) is 4.51. The zero-order valence-electron chi connectivity index (χ0n) is 15.0. The second-order valence-corrected chi connectivity index (χ2v) is 6.78. The number of likely N-dealkylation sites (N-methyl/N-ethyl adjacent to an activating group) is 1. The Hall–Kier alpha value is -2.08. The molecule has 2 saturated heterocycles. The molecule has 136 valence electrons. The molecule has 0 radical (unpaired) electrons. The second-order valence-electron chi connectivity index (χ2n) is 6.78.